The van der Waals surface area contributed by atoms with Crippen molar-refractivity contribution >= 4 is 18.8 Å². The lowest BCUT2D eigenvalue weighted by Gasteiger charge is -2.39. The topological polar surface area (TPSA) is 85.9 Å². The monoisotopic (exact) mass is 242 g/mol. The molecule has 0 aromatic rings. The zero-order chi connectivity index (χ0) is 12.0. The molecule has 0 aliphatic carbocycles. The van der Waals surface area contributed by atoms with E-state index in [1.165, 1.54) is 0 Å². The smallest absolute Gasteiger partial charge is 0.199 e. The third-order valence-corrected chi connectivity index (χ3v) is 3.77. The van der Waals surface area contributed by atoms with Gasteiger partial charge in [0.05, 0.1) is 12.4 Å². The summed E-state index contributed by atoms with van der Waals surface area (Å²) in [4.78, 5) is 13.7. The van der Waals surface area contributed by atoms with Crippen molar-refractivity contribution in [3.63, 3.8) is 0 Å². The molecule has 4 heterocycles. The lowest BCUT2D eigenvalue weighted by molar-refractivity contribution is 0.261. The highest BCUT2D eigenvalue weighted by molar-refractivity contribution is 5.75. The second-order valence-electron chi connectivity index (χ2n) is 4.70. The first-order valence-electron chi connectivity index (χ1n) is 6.00. The highest BCUT2D eigenvalue weighted by Gasteiger charge is 2.54. The predicted molar refractivity (Wildman–Crippen MR) is 66.9 cm³/mol. The van der Waals surface area contributed by atoms with E-state index in [0.29, 0.717) is 0 Å². The van der Waals surface area contributed by atoms with E-state index in [1.54, 1.807) is 12.6 Å². The summed E-state index contributed by atoms with van der Waals surface area (Å²) in [7, 11) is 0. The number of aliphatic imine (C=N–C) groups is 3. The summed E-state index contributed by atoms with van der Waals surface area (Å²) in [6.45, 7) is 0. The Bertz CT molecular complexity index is 506. The first-order chi connectivity index (χ1) is 8.90. The van der Waals surface area contributed by atoms with Gasteiger partial charge in [-0.2, -0.15) is 5.11 Å². The molecule has 2 N–H and O–H groups in total. The van der Waals surface area contributed by atoms with Crippen LogP contribution in [-0.2, 0) is 0 Å². The van der Waals surface area contributed by atoms with Gasteiger partial charge < -0.3 is 5.32 Å². The summed E-state index contributed by atoms with van der Waals surface area (Å²) in [6, 6.07) is 0.0248. The fraction of sp³-hybridized carbons (Fsp3) is 0.545. The lowest BCUT2D eigenvalue weighted by Crippen LogP contribution is -2.60. The Labute approximate surface area is 104 Å². The molecule has 4 aliphatic rings. The van der Waals surface area contributed by atoms with Crippen molar-refractivity contribution in [2.75, 3.05) is 0 Å². The number of rotatable bonds is 1. The first-order valence-corrected chi connectivity index (χ1v) is 6.00. The molecule has 0 fully saturated rings. The van der Waals surface area contributed by atoms with E-state index in [4.69, 9.17) is 0 Å². The maximum Gasteiger partial charge on any atom is 0.199 e. The Morgan fingerprint density at radius 2 is 2.33 bits per heavy atom. The summed E-state index contributed by atoms with van der Waals surface area (Å²) in [5.74, 6) is 0. The van der Waals surface area contributed by atoms with E-state index in [0.717, 1.165) is 6.42 Å². The minimum Gasteiger partial charge on any atom is -0.365 e. The molecule has 0 bridgehead atoms. The normalized spacial score (nSPS) is 46.7. The molecule has 5 unspecified atom stereocenters. The van der Waals surface area contributed by atoms with Crippen LogP contribution in [0.15, 0.2) is 31.4 Å². The molecule has 0 saturated carbocycles. The first kappa shape index (κ1) is 9.93. The Kier molecular flexibility index (Phi) is 1.91. The van der Waals surface area contributed by atoms with Crippen LogP contribution in [0.1, 0.15) is 6.42 Å². The number of nitrogens with zero attached hydrogens (tertiary/aromatic N) is 5. The molecule has 0 aromatic heterocycles. The van der Waals surface area contributed by atoms with E-state index in [9.17, 15) is 0 Å². The molecule has 7 heteroatoms. The number of hydrogen-bond acceptors (Lipinski definition) is 7. The van der Waals surface area contributed by atoms with E-state index < -0.39 is 5.66 Å². The minimum atomic E-state index is -0.642. The third kappa shape index (κ3) is 1.16. The molecule has 1 radical (unpaired) electrons. The molecule has 5 atom stereocenters. The molecule has 0 amide bonds. The number of nitrogens with one attached hydrogen (secondary N) is 2. The van der Waals surface area contributed by atoms with Gasteiger partial charge in [-0.1, -0.05) is 5.22 Å². The van der Waals surface area contributed by atoms with Crippen LogP contribution in [0.3, 0.4) is 0 Å². The molecular weight excluding hydrogens is 230 g/mol. The average molecular weight is 242 g/mol. The van der Waals surface area contributed by atoms with Crippen molar-refractivity contribution in [2.24, 2.45) is 25.3 Å². The maximum absolute atomic E-state index is 4.60. The van der Waals surface area contributed by atoms with Crippen molar-refractivity contribution in [3.8, 4) is 0 Å². The standard InChI is InChI=1S/C11H12N7/c1-2-8-11(14-4-1,15-6-13-8)10-9-7(3-5-12-10)16-18-17-9/h1,4-10H,3H2,(H,13,15)(H,16,17). The van der Waals surface area contributed by atoms with E-state index in [1.807, 2.05) is 12.3 Å². The molecule has 4 rings (SSSR count). The Balaban J connectivity index is 1.75. The van der Waals surface area contributed by atoms with E-state index >= 15 is 0 Å². The van der Waals surface area contributed by atoms with Crippen LogP contribution >= 0.6 is 0 Å². The summed E-state index contributed by atoms with van der Waals surface area (Å²) in [5, 5.41) is 11.3. The molecule has 0 spiro atoms. The molecule has 4 aliphatic heterocycles. The van der Waals surface area contributed by atoms with Crippen molar-refractivity contribution in [1.29, 1.82) is 0 Å². The number of hydrogen-bond donors (Lipinski definition) is 2. The van der Waals surface area contributed by atoms with Crippen LogP contribution < -0.4 is 10.7 Å². The summed E-state index contributed by atoms with van der Waals surface area (Å²) in [5.41, 5.74) is 2.40. The zero-order valence-electron chi connectivity index (χ0n) is 9.56. The van der Waals surface area contributed by atoms with Crippen LogP contribution in [0.5, 0.6) is 0 Å². The van der Waals surface area contributed by atoms with Gasteiger partial charge >= 0.3 is 0 Å². The average Bonchev–Trinajstić information content (AvgIpc) is 3.05. The molecule has 18 heavy (non-hydrogen) atoms. The summed E-state index contributed by atoms with van der Waals surface area (Å²) >= 11 is 0. The largest absolute Gasteiger partial charge is 0.365 e. The fourth-order valence-electron chi connectivity index (χ4n) is 2.87. The number of allylic oxidation sites excluding steroid dienone is 1. The number of fused-ring (bicyclic) bond motifs is 2. The van der Waals surface area contributed by atoms with Gasteiger partial charge in [0.1, 0.15) is 18.1 Å². The van der Waals surface area contributed by atoms with Gasteiger partial charge in [0.2, 0.25) is 0 Å². The molecule has 91 valence electrons. The maximum atomic E-state index is 4.60. The van der Waals surface area contributed by atoms with Gasteiger partial charge in [-0.25, -0.2) is 4.99 Å². The minimum absolute atomic E-state index is 0.0617. The Hall–Kier alpha value is -2.05. The van der Waals surface area contributed by atoms with Gasteiger partial charge in [-0.15, -0.1) is 0 Å². The SMILES string of the molecule is [C]1=CC=NC2(C3N=CCC4N=NNC43)N=CNC12. The zero-order valence-corrected chi connectivity index (χ0v) is 9.56. The Morgan fingerprint density at radius 1 is 1.33 bits per heavy atom. The second kappa shape index (κ2) is 3.47. The molecule has 7 nitrogen and oxygen atoms in total. The fourth-order valence-corrected chi connectivity index (χ4v) is 2.87. The molecule has 0 aromatic carbocycles. The van der Waals surface area contributed by atoms with Crippen molar-refractivity contribution in [2.45, 2.75) is 36.3 Å². The van der Waals surface area contributed by atoms with Crippen molar-refractivity contribution < 1.29 is 0 Å². The van der Waals surface area contributed by atoms with Gasteiger partial charge in [0.15, 0.2) is 5.66 Å². The highest BCUT2D eigenvalue weighted by Crippen LogP contribution is 2.36. The van der Waals surface area contributed by atoms with Gasteiger partial charge in [0, 0.05) is 18.9 Å². The highest BCUT2D eigenvalue weighted by atomic mass is 15.5. The van der Waals surface area contributed by atoms with Crippen LogP contribution in [-0.4, -0.2) is 48.6 Å². The Morgan fingerprint density at radius 3 is 3.33 bits per heavy atom. The predicted octanol–water partition coefficient (Wildman–Crippen LogP) is -0.323. The lowest BCUT2D eigenvalue weighted by atomic mass is 9.83. The van der Waals surface area contributed by atoms with Crippen molar-refractivity contribution in [1.82, 2.24) is 10.7 Å². The second-order valence-corrected chi connectivity index (χ2v) is 4.70. The number of dihydropyridines is 1. The van der Waals surface area contributed by atoms with Crippen LogP contribution in [0.25, 0.3) is 0 Å². The molecule has 0 saturated heterocycles. The van der Waals surface area contributed by atoms with Crippen LogP contribution in [0.4, 0.5) is 0 Å². The van der Waals surface area contributed by atoms with Crippen molar-refractivity contribution in [3.05, 3.63) is 12.2 Å². The summed E-state index contributed by atoms with van der Waals surface area (Å²) in [6.07, 6.45) is 11.2. The van der Waals surface area contributed by atoms with Crippen LogP contribution in [0.2, 0.25) is 0 Å². The van der Waals surface area contributed by atoms with Gasteiger partial charge in [0.25, 0.3) is 0 Å². The summed E-state index contributed by atoms with van der Waals surface area (Å²) < 4.78 is 0. The van der Waals surface area contributed by atoms with Gasteiger partial charge in [-0.05, 0) is 12.2 Å². The third-order valence-electron chi connectivity index (χ3n) is 3.77. The van der Waals surface area contributed by atoms with E-state index in [-0.39, 0.29) is 24.2 Å². The molecular formula is C11H12N7. The van der Waals surface area contributed by atoms with E-state index in [2.05, 4.69) is 42.1 Å². The quantitative estimate of drug-likeness (QED) is 0.660. The van der Waals surface area contributed by atoms with Crippen LogP contribution in [0, 0.1) is 6.08 Å². The van der Waals surface area contributed by atoms with Gasteiger partial charge in [-0.3, -0.25) is 15.4 Å².